The third-order valence-electron chi connectivity index (χ3n) is 4.15. The molecule has 29 heavy (non-hydrogen) atoms. The summed E-state index contributed by atoms with van der Waals surface area (Å²) in [6, 6.07) is 20.9. The van der Waals surface area contributed by atoms with Crippen molar-refractivity contribution < 1.29 is 23.9 Å². The summed E-state index contributed by atoms with van der Waals surface area (Å²) in [6.07, 6.45) is 0. The molecule has 0 aliphatic carbocycles. The smallest absolute Gasteiger partial charge is 0.345 e. The fraction of sp³-hybridized carbons (Fsp3) is 0.136. The van der Waals surface area contributed by atoms with Crippen molar-refractivity contribution in [2.45, 2.75) is 13.2 Å². The van der Waals surface area contributed by atoms with E-state index >= 15 is 0 Å². The van der Waals surface area contributed by atoms with E-state index in [1.807, 2.05) is 48.5 Å². The van der Waals surface area contributed by atoms with Crippen LogP contribution >= 0.6 is 0 Å². The van der Waals surface area contributed by atoms with Gasteiger partial charge in [0, 0.05) is 6.07 Å². The average molecular weight is 393 g/mol. The third kappa shape index (κ3) is 5.10. The molecule has 3 aromatic carbocycles. The number of ether oxygens (including phenoxy) is 3. The van der Waals surface area contributed by atoms with Gasteiger partial charge in [0.05, 0.1) is 18.1 Å². The Kier molecular flexibility index (Phi) is 6.42. The molecule has 0 N–H and O–H groups in total. The predicted octanol–water partition coefficient (Wildman–Crippen LogP) is 4.54. The minimum Gasteiger partial charge on any atom is -0.493 e. The van der Waals surface area contributed by atoms with Gasteiger partial charge in [0.25, 0.3) is 5.69 Å². The molecule has 0 radical (unpaired) electrons. The average Bonchev–Trinajstić information content (AvgIpc) is 2.76. The number of nitrogens with zero attached hydrogens (tertiary/aromatic N) is 1. The monoisotopic (exact) mass is 393 g/mol. The quantitative estimate of drug-likeness (QED) is 0.317. The summed E-state index contributed by atoms with van der Waals surface area (Å²) in [5.74, 6) is -0.436. The van der Waals surface area contributed by atoms with E-state index in [0.29, 0.717) is 0 Å². The Hall–Kier alpha value is -3.87. The Morgan fingerprint density at radius 3 is 2.03 bits per heavy atom. The number of hydrogen-bond acceptors (Lipinski definition) is 6. The number of nitro benzene ring substituents is 1. The number of esters is 1. The number of nitro groups is 1. The van der Waals surface area contributed by atoms with E-state index in [4.69, 9.17) is 14.2 Å². The lowest BCUT2D eigenvalue weighted by Crippen LogP contribution is -2.10. The van der Waals surface area contributed by atoms with Crippen molar-refractivity contribution in [1.29, 1.82) is 0 Å². The largest absolute Gasteiger partial charge is 0.493 e. The maximum Gasteiger partial charge on any atom is 0.345 e. The van der Waals surface area contributed by atoms with Gasteiger partial charge in [-0.25, -0.2) is 4.79 Å². The summed E-state index contributed by atoms with van der Waals surface area (Å²) in [5.41, 5.74) is 1.07. The fourth-order valence-corrected chi connectivity index (χ4v) is 2.67. The molecule has 0 atom stereocenters. The first-order valence-electron chi connectivity index (χ1n) is 8.82. The molecule has 0 amide bonds. The molecule has 0 fully saturated rings. The van der Waals surface area contributed by atoms with Gasteiger partial charge in [0.2, 0.25) is 0 Å². The second-order valence-corrected chi connectivity index (χ2v) is 6.11. The highest BCUT2D eigenvalue weighted by Gasteiger charge is 2.26. The lowest BCUT2D eigenvalue weighted by atomic mass is 10.1. The van der Waals surface area contributed by atoms with E-state index in [1.54, 1.807) is 12.1 Å². The molecule has 7 nitrogen and oxygen atoms in total. The molecule has 0 unspecified atom stereocenters. The zero-order chi connectivity index (χ0) is 20.6. The molecule has 148 valence electrons. The van der Waals surface area contributed by atoms with Crippen LogP contribution in [0, 0.1) is 10.1 Å². The molecule has 0 aliphatic heterocycles. The molecule has 0 saturated heterocycles. The first-order valence-corrected chi connectivity index (χ1v) is 8.82. The van der Waals surface area contributed by atoms with Crippen molar-refractivity contribution in [2.75, 3.05) is 7.11 Å². The molecule has 0 heterocycles. The maximum atomic E-state index is 12.5. The van der Waals surface area contributed by atoms with Gasteiger partial charge in [0.1, 0.15) is 18.8 Å². The molecular weight excluding hydrogens is 374 g/mol. The van der Waals surface area contributed by atoms with Crippen molar-refractivity contribution in [3.05, 3.63) is 99.6 Å². The predicted molar refractivity (Wildman–Crippen MR) is 106 cm³/mol. The Labute approximate surface area is 167 Å². The Morgan fingerprint density at radius 2 is 1.48 bits per heavy atom. The van der Waals surface area contributed by atoms with Crippen molar-refractivity contribution in [3.63, 3.8) is 0 Å². The third-order valence-corrected chi connectivity index (χ3v) is 4.15. The van der Waals surface area contributed by atoms with Gasteiger partial charge < -0.3 is 14.2 Å². The van der Waals surface area contributed by atoms with Gasteiger partial charge in [-0.05, 0) is 11.1 Å². The van der Waals surface area contributed by atoms with E-state index < -0.39 is 16.6 Å². The summed E-state index contributed by atoms with van der Waals surface area (Å²) in [5, 5.41) is 11.5. The molecular formula is C22H19NO6. The van der Waals surface area contributed by atoms with E-state index in [2.05, 4.69) is 0 Å². The van der Waals surface area contributed by atoms with Gasteiger partial charge in [0.15, 0.2) is 11.5 Å². The standard InChI is InChI=1S/C22H19NO6/c1-27-20-13-19(23(25)26)18(22(24)29-15-17-10-6-3-7-11-17)12-21(20)28-14-16-8-4-2-5-9-16/h2-13H,14-15H2,1H3. The minimum atomic E-state index is -0.812. The van der Waals surface area contributed by atoms with Crippen LogP contribution in [0.1, 0.15) is 21.5 Å². The lowest BCUT2D eigenvalue weighted by molar-refractivity contribution is -0.385. The number of hydrogen-bond donors (Lipinski definition) is 0. The van der Waals surface area contributed by atoms with Crippen molar-refractivity contribution in [1.82, 2.24) is 0 Å². The highest BCUT2D eigenvalue weighted by atomic mass is 16.6. The zero-order valence-corrected chi connectivity index (χ0v) is 15.7. The number of benzene rings is 3. The summed E-state index contributed by atoms with van der Waals surface area (Å²) in [7, 11) is 1.38. The minimum absolute atomic E-state index is 0.00304. The van der Waals surface area contributed by atoms with Crippen LogP contribution in [-0.2, 0) is 18.0 Å². The SMILES string of the molecule is COc1cc([N+](=O)[O-])c(C(=O)OCc2ccccc2)cc1OCc1ccccc1. The van der Waals surface area contributed by atoms with Crippen molar-refractivity contribution in [3.8, 4) is 11.5 Å². The van der Waals surface area contributed by atoms with Gasteiger partial charge in [-0.1, -0.05) is 60.7 Å². The molecule has 0 saturated carbocycles. The highest BCUT2D eigenvalue weighted by Crippen LogP contribution is 2.35. The first-order chi connectivity index (χ1) is 14.1. The van der Waals surface area contributed by atoms with Gasteiger partial charge in [-0.15, -0.1) is 0 Å². The summed E-state index contributed by atoms with van der Waals surface area (Å²) >= 11 is 0. The topological polar surface area (TPSA) is 87.9 Å². The van der Waals surface area contributed by atoms with Crippen LogP contribution in [0.5, 0.6) is 11.5 Å². The van der Waals surface area contributed by atoms with Crippen LogP contribution in [0.2, 0.25) is 0 Å². The van der Waals surface area contributed by atoms with Crippen LogP contribution in [0.3, 0.4) is 0 Å². The number of carbonyl (C=O) groups is 1. The summed E-state index contributed by atoms with van der Waals surface area (Å²) < 4.78 is 16.2. The van der Waals surface area contributed by atoms with E-state index in [9.17, 15) is 14.9 Å². The Balaban J connectivity index is 1.85. The molecule has 7 heteroatoms. The van der Waals surface area contributed by atoms with Crippen LogP contribution in [0.25, 0.3) is 0 Å². The first kappa shape index (κ1) is 19.9. The van der Waals surface area contributed by atoms with Crippen molar-refractivity contribution >= 4 is 11.7 Å². The Morgan fingerprint density at radius 1 is 0.897 bits per heavy atom. The van der Waals surface area contributed by atoms with E-state index in [-0.39, 0.29) is 30.3 Å². The van der Waals surface area contributed by atoms with Gasteiger partial charge in [-0.3, -0.25) is 10.1 Å². The van der Waals surface area contributed by atoms with Crippen LogP contribution in [0.15, 0.2) is 72.8 Å². The zero-order valence-electron chi connectivity index (χ0n) is 15.7. The highest BCUT2D eigenvalue weighted by molar-refractivity contribution is 5.95. The second-order valence-electron chi connectivity index (χ2n) is 6.11. The van der Waals surface area contributed by atoms with Gasteiger partial charge >= 0.3 is 5.97 Å². The molecule has 3 rings (SSSR count). The van der Waals surface area contributed by atoms with Crippen LogP contribution in [-0.4, -0.2) is 18.0 Å². The normalized spacial score (nSPS) is 10.2. The van der Waals surface area contributed by atoms with E-state index in [1.165, 1.54) is 19.2 Å². The second kappa shape index (κ2) is 9.36. The number of methoxy groups -OCH3 is 1. The van der Waals surface area contributed by atoms with Crippen LogP contribution in [0.4, 0.5) is 5.69 Å². The molecule has 3 aromatic rings. The van der Waals surface area contributed by atoms with Crippen LogP contribution < -0.4 is 9.47 Å². The molecule has 0 bridgehead atoms. The molecule has 0 aromatic heterocycles. The molecule has 0 aliphatic rings. The summed E-state index contributed by atoms with van der Waals surface area (Å²) in [6.45, 7) is 0.219. The van der Waals surface area contributed by atoms with E-state index in [0.717, 1.165) is 11.1 Å². The molecule has 0 spiro atoms. The Bertz CT molecular complexity index is 989. The number of rotatable bonds is 8. The maximum absolute atomic E-state index is 12.5. The van der Waals surface area contributed by atoms with Crippen molar-refractivity contribution in [2.24, 2.45) is 0 Å². The number of carbonyl (C=O) groups excluding carboxylic acids is 1. The lowest BCUT2D eigenvalue weighted by Gasteiger charge is -2.13. The fourth-order valence-electron chi connectivity index (χ4n) is 2.67. The van der Waals surface area contributed by atoms with Gasteiger partial charge in [-0.2, -0.15) is 0 Å². The summed E-state index contributed by atoms with van der Waals surface area (Å²) in [4.78, 5) is 23.4.